The van der Waals surface area contributed by atoms with Crippen LogP contribution in [0.25, 0.3) is 11.0 Å². The van der Waals surface area contributed by atoms with E-state index in [1.165, 1.54) is 6.92 Å². The van der Waals surface area contributed by atoms with E-state index >= 15 is 0 Å². The van der Waals surface area contributed by atoms with Gasteiger partial charge in [0.2, 0.25) is 0 Å². The lowest BCUT2D eigenvalue weighted by Crippen LogP contribution is -2.49. The van der Waals surface area contributed by atoms with Crippen molar-refractivity contribution in [1.82, 2.24) is 4.90 Å². The van der Waals surface area contributed by atoms with Crippen molar-refractivity contribution in [1.29, 1.82) is 0 Å². The van der Waals surface area contributed by atoms with Crippen LogP contribution in [0.2, 0.25) is 0 Å². The predicted octanol–water partition coefficient (Wildman–Crippen LogP) is 3.21. The van der Waals surface area contributed by atoms with Gasteiger partial charge in [-0.2, -0.15) is 0 Å². The molecule has 4 rings (SSSR count). The molecule has 2 aromatic carbocycles. The maximum atomic E-state index is 11.6. The average Bonchev–Trinajstić information content (AvgIpc) is 3.24. The lowest BCUT2D eigenvalue weighted by molar-refractivity contribution is 0.0664. The molecule has 0 saturated carbocycles. The summed E-state index contributed by atoms with van der Waals surface area (Å²) in [5.74, 6) is 1.59. The highest BCUT2D eigenvalue weighted by molar-refractivity contribution is 5.97. The number of carbonyl (C=O) groups excluding carboxylic acids is 1. The number of ketones is 1. The van der Waals surface area contributed by atoms with Gasteiger partial charge < -0.3 is 23.9 Å². The molecule has 31 heavy (non-hydrogen) atoms. The number of aliphatic hydroxyl groups excluding tert-OH is 1. The van der Waals surface area contributed by atoms with Crippen LogP contribution in [0, 0.1) is 0 Å². The molecule has 2 heterocycles. The van der Waals surface area contributed by atoms with Crippen LogP contribution in [0.4, 0.5) is 5.69 Å². The third kappa shape index (κ3) is 4.84. The zero-order valence-corrected chi connectivity index (χ0v) is 17.9. The number of carbonyl (C=O) groups is 1. The fourth-order valence-electron chi connectivity index (χ4n) is 3.92. The standard InChI is InChI=1S/C24H28N2O5/c1-17(27)23-14-18-6-5-9-22(24(18)31-23)30-16-19(28)15-25-10-12-26(13-11-25)20-7-3-4-8-21(20)29-2/h3-9,14,19,28H,10-13,15-16H2,1-2H3. The van der Waals surface area contributed by atoms with Crippen LogP contribution in [-0.2, 0) is 0 Å². The van der Waals surface area contributed by atoms with E-state index in [1.807, 2.05) is 30.3 Å². The fraction of sp³-hybridized carbons (Fsp3) is 0.375. The lowest BCUT2D eigenvalue weighted by atomic mass is 10.2. The van der Waals surface area contributed by atoms with Crippen LogP contribution in [0.5, 0.6) is 11.5 Å². The minimum atomic E-state index is -0.629. The number of piperazine rings is 1. The number of benzene rings is 2. The topological polar surface area (TPSA) is 75.4 Å². The van der Waals surface area contributed by atoms with E-state index in [0.717, 1.165) is 43.0 Å². The van der Waals surface area contributed by atoms with Crippen molar-refractivity contribution in [2.75, 3.05) is 51.3 Å². The Kier molecular flexibility index (Phi) is 6.44. The highest BCUT2D eigenvalue weighted by Gasteiger charge is 2.22. The number of rotatable bonds is 8. The Morgan fingerprint density at radius 2 is 1.84 bits per heavy atom. The SMILES string of the molecule is COc1ccccc1N1CCN(CC(O)COc2cccc3cc(C(C)=O)oc23)CC1. The summed E-state index contributed by atoms with van der Waals surface area (Å²) in [6, 6.07) is 15.3. The summed E-state index contributed by atoms with van der Waals surface area (Å²) < 4.78 is 16.9. The molecule has 7 heteroatoms. The molecule has 1 aromatic heterocycles. The van der Waals surface area contributed by atoms with E-state index < -0.39 is 6.10 Å². The molecular weight excluding hydrogens is 396 g/mol. The number of fused-ring (bicyclic) bond motifs is 1. The second kappa shape index (κ2) is 9.41. The average molecular weight is 424 g/mol. The molecular formula is C24H28N2O5. The number of hydrogen-bond donors (Lipinski definition) is 1. The van der Waals surface area contributed by atoms with Crippen molar-refractivity contribution < 1.29 is 23.8 Å². The van der Waals surface area contributed by atoms with Crippen molar-refractivity contribution in [3.05, 3.63) is 54.3 Å². The summed E-state index contributed by atoms with van der Waals surface area (Å²) >= 11 is 0. The number of hydrogen-bond acceptors (Lipinski definition) is 7. The van der Waals surface area contributed by atoms with E-state index in [2.05, 4.69) is 15.9 Å². The number of nitrogens with zero attached hydrogens (tertiary/aromatic N) is 2. The van der Waals surface area contributed by atoms with E-state index in [4.69, 9.17) is 13.9 Å². The Labute approximate surface area is 181 Å². The van der Waals surface area contributed by atoms with Gasteiger partial charge in [-0.1, -0.05) is 24.3 Å². The maximum Gasteiger partial charge on any atom is 0.194 e. The van der Waals surface area contributed by atoms with Crippen molar-refractivity contribution in [3.8, 4) is 11.5 Å². The summed E-state index contributed by atoms with van der Waals surface area (Å²) in [6.45, 7) is 5.60. The number of methoxy groups -OCH3 is 1. The molecule has 0 spiro atoms. The van der Waals surface area contributed by atoms with Gasteiger partial charge in [0.25, 0.3) is 0 Å². The molecule has 0 aliphatic carbocycles. The van der Waals surface area contributed by atoms with E-state index in [9.17, 15) is 9.90 Å². The molecule has 1 atom stereocenters. The van der Waals surface area contributed by atoms with E-state index in [0.29, 0.717) is 23.6 Å². The molecule has 1 aliphatic rings. The first kappa shape index (κ1) is 21.2. The molecule has 164 valence electrons. The quantitative estimate of drug-likeness (QED) is 0.557. The molecule has 1 aliphatic heterocycles. The van der Waals surface area contributed by atoms with Gasteiger partial charge in [-0.25, -0.2) is 0 Å². The Morgan fingerprint density at radius 1 is 1.10 bits per heavy atom. The summed E-state index contributed by atoms with van der Waals surface area (Å²) in [4.78, 5) is 16.1. The van der Waals surface area contributed by atoms with Gasteiger partial charge in [0, 0.05) is 45.0 Å². The van der Waals surface area contributed by atoms with Gasteiger partial charge in [-0.3, -0.25) is 9.69 Å². The minimum absolute atomic E-state index is 0.130. The molecule has 0 radical (unpaired) electrons. The molecule has 1 fully saturated rings. The lowest BCUT2D eigenvalue weighted by Gasteiger charge is -2.37. The number of para-hydroxylation sites is 3. The van der Waals surface area contributed by atoms with Gasteiger partial charge in [0.1, 0.15) is 18.5 Å². The smallest absolute Gasteiger partial charge is 0.194 e. The maximum absolute atomic E-state index is 11.6. The van der Waals surface area contributed by atoms with Crippen molar-refractivity contribution in [2.45, 2.75) is 13.0 Å². The van der Waals surface area contributed by atoms with Crippen LogP contribution in [0.15, 0.2) is 52.9 Å². The molecule has 0 bridgehead atoms. The second-order valence-corrected chi connectivity index (χ2v) is 7.77. The fourth-order valence-corrected chi connectivity index (χ4v) is 3.92. The van der Waals surface area contributed by atoms with Crippen LogP contribution < -0.4 is 14.4 Å². The van der Waals surface area contributed by atoms with Crippen LogP contribution in [0.1, 0.15) is 17.5 Å². The monoisotopic (exact) mass is 424 g/mol. The molecule has 3 aromatic rings. The normalized spacial score (nSPS) is 15.8. The second-order valence-electron chi connectivity index (χ2n) is 7.77. The van der Waals surface area contributed by atoms with Crippen LogP contribution in [0.3, 0.4) is 0 Å². The molecule has 1 N–H and O–H groups in total. The Morgan fingerprint density at radius 3 is 2.58 bits per heavy atom. The summed E-state index contributed by atoms with van der Waals surface area (Å²) in [5.41, 5.74) is 1.63. The molecule has 7 nitrogen and oxygen atoms in total. The minimum Gasteiger partial charge on any atom is -0.495 e. The zero-order chi connectivity index (χ0) is 21.8. The van der Waals surface area contributed by atoms with Crippen LogP contribution in [-0.4, -0.2) is 68.3 Å². The first-order chi connectivity index (χ1) is 15.0. The Balaban J connectivity index is 1.30. The number of anilines is 1. The molecule has 1 saturated heterocycles. The third-order valence-electron chi connectivity index (χ3n) is 5.55. The van der Waals surface area contributed by atoms with Gasteiger partial charge >= 0.3 is 0 Å². The first-order valence-electron chi connectivity index (χ1n) is 10.5. The highest BCUT2D eigenvalue weighted by atomic mass is 16.5. The summed E-state index contributed by atoms with van der Waals surface area (Å²) in [7, 11) is 1.69. The van der Waals surface area contributed by atoms with Gasteiger partial charge in [0.15, 0.2) is 22.9 Å². The van der Waals surface area contributed by atoms with Crippen molar-refractivity contribution in [3.63, 3.8) is 0 Å². The number of Topliss-reactive ketones (excluding diaryl/α,β-unsaturated/α-hetero) is 1. The zero-order valence-electron chi connectivity index (χ0n) is 17.9. The summed E-state index contributed by atoms with van der Waals surface area (Å²) in [6.07, 6.45) is -0.629. The number of aliphatic hydroxyl groups is 1. The van der Waals surface area contributed by atoms with Crippen molar-refractivity contribution in [2.24, 2.45) is 0 Å². The molecule has 1 unspecified atom stereocenters. The van der Waals surface area contributed by atoms with Crippen LogP contribution >= 0.6 is 0 Å². The Bertz CT molecular complexity index is 1040. The first-order valence-corrected chi connectivity index (χ1v) is 10.5. The Hall–Kier alpha value is -3.03. The summed E-state index contributed by atoms with van der Waals surface area (Å²) in [5, 5.41) is 11.3. The largest absolute Gasteiger partial charge is 0.495 e. The number of ether oxygens (including phenoxy) is 2. The highest BCUT2D eigenvalue weighted by Crippen LogP contribution is 2.30. The molecule has 0 amide bonds. The third-order valence-corrected chi connectivity index (χ3v) is 5.55. The predicted molar refractivity (Wildman–Crippen MR) is 119 cm³/mol. The van der Waals surface area contributed by atoms with Gasteiger partial charge in [0.05, 0.1) is 12.8 Å². The van der Waals surface area contributed by atoms with E-state index in [1.54, 1.807) is 19.2 Å². The number of β-amino-alcohol motifs (C(OH)–C–C–N with tert-alkyl or cyclic N) is 1. The van der Waals surface area contributed by atoms with Gasteiger partial charge in [-0.15, -0.1) is 0 Å². The van der Waals surface area contributed by atoms with Crippen molar-refractivity contribution >= 4 is 22.4 Å². The van der Waals surface area contributed by atoms with Gasteiger partial charge in [-0.05, 0) is 24.3 Å². The number of furan rings is 1. The van der Waals surface area contributed by atoms with E-state index in [-0.39, 0.29) is 12.4 Å².